The fraction of sp³-hybridized carbons (Fsp3) is 0.333. The van der Waals surface area contributed by atoms with E-state index in [1.807, 2.05) is 51.1 Å². The van der Waals surface area contributed by atoms with Crippen molar-refractivity contribution >= 4 is 50.7 Å². The number of sulfonamides is 1. The van der Waals surface area contributed by atoms with Gasteiger partial charge < -0.3 is 10.2 Å². The minimum atomic E-state index is -3.84. The van der Waals surface area contributed by atoms with Crippen LogP contribution in [-0.2, 0) is 32.6 Å². The first-order valence-electron chi connectivity index (χ1n) is 12.8. The number of nitrogens with one attached hydrogen (secondary N) is 1. The molecule has 7 nitrogen and oxygen atoms in total. The summed E-state index contributed by atoms with van der Waals surface area (Å²) in [5.41, 5.74) is 2.02. The maximum Gasteiger partial charge on any atom is 0.244 e. The Hall–Kier alpha value is -3.07. The lowest BCUT2D eigenvalue weighted by molar-refractivity contribution is -0.140. The largest absolute Gasteiger partial charge is 0.350 e. The van der Waals surface area contributed by atoms with Crippen molar-refractivity contribution in [3.63, 3.8) is 0 Å². The van der Waals surface area contributed by atoms with Crippen molar-refractivity contribution in [1.82, 2.24) is 10.2 Å². The number of benzene rings is 3. The van der Waals surface area contributed by atoms with Crippen LogP contribution in [0.3, 0.4) is 0 Å². The smallest absolute Gasteiger partial charge is 0.244 e. The molecule has 40 heavy (non-hydrogen) atoms. The summed E-state index contributed by atoms with van der Waals surface area (Å²) < 4.78 is 26.9. The van der Waals surface area contributed by atoms with Crippen LogP contribution in [0.5, 0.6) is 0 Å². The summed E-state index contributed by atoms with van der Waals surface area (Å²) in [5, 5.41) is 3.66. The molecule has 3 rings (SSSR count). The van der Waals surface area contributed by atoms with Gasteiger partial charge in [-0.05, 0) is 62.6 Å². The van der Waals surface area contributed by atoms with Crippen LogP contribution in [-0.4, -0.2) is 49.5 Å². The van der Waals surface area contributed by atoms with Gasteiger partial charge in [-0.2, -0.15) is 0 Å². The van der Waals surface area contributed by atoms with Crippen LogP contribution in [0.1, 0.15) is 37.5 Å². The number of aryl methyl sites for hydroxylation is 1. The van der Waals surface area contributed by atoms with E-state index in [0.29, 0.717) is 26.9 Å². The zero-order chi connectivity index (χ0) is 29.7. The number of amides is 2. The van der Waals surface area contributed by atoms with Gasteiger partial charge in [-0.3, -0.25) is 13.9 Å². The Kier molecular flexibility index (Phi) is 10.3. The van der Waals surface area contributed by atoms with Gasteiger partial charge >= 0.3 is 0 Å². The van der Waals surface area contributed by atoms with Crippen molar-refractivity contribution < 1.29 is 18.0 Å². The van der Waals surface area contributed by atoms with Crippen molar-refractivity contribution in [1.29, 1.82) is 0 Å². The molecule has 0 spiro atoms. The van der Waals surface area contributed by atoms with E-state index in [2.05, 4.69) is 5.32 Å². The second-order valence-electron chi connectivity index (χ2n) is 10.8. The van der Waals surface area contributed by atoms with Gasteiger partial charge in [0.1, 0.15) is 12.6 Å². The lowest BCUT2D eigenvalue weighted by atomic mass is 10.0. The van der Waals surface area contributed by atoms with Crippen LogP contribution in [0.25, 0.3) is 0 Å². The van der Waals surface area contributed by atoms with Crippen LogP contribution < -0.4 is 9.62 Å². The first-order valence-corrected chi connectivity index (χ1v) is 15.4. The molecule has 10 heteroatoms. The van der Waals surface area contributed by atoms with E-state index < -0.39 is 34.1 Å². The highest BCUT2D eigenvalue weighted by atomic mass is 35.5. The van der Waals surface area contributed by atoms with Gasteiger partial charge in [-0.1, -0.05) is 77.8 Å². The molecule has 0 aliphatic carbocycles. The molecule has 0 heterocycles. The van der Waals surface area contributed by atoms with Gasteiger partial charge in [-0.25, -0.2) is 8.42 Å². The van der Waals surface area contributed by atoms with E-state index in [0.717, 1.165) is 16.1 Å². The Balaban J connectivity index is 2.10. The molecular formula is C30H35Cl2N3O4S. The molecule has 214 valence electrons. The Bertz CT molecular complexity index is 1460. The van der Waals surface area contributed by atoms with Gasteiger partial charge in [0.05, 0.1) is 22.0 Å². The van der Waals surface area contributed by atoms with Crippen LogP contribution in [0.2, 0.25) is 10.0 Å². The predicted octanol–water partition coefficient (Wildman–Crippen LogP) is 5.62. The highest BCUT2D eigenvalue weighted by molar-refractivity contribution is 7.92. The zero-order valence-corrected chi connectivity index (χ0v) is 25.6. The molecule has 1 N–H and O–H groups in total. The van der Waals surface area contributed by atoms with Gasteiger partial charge in [0.15, 0.2) is 0 Å². The summed E-state index contributed by atoms with van der Waals surface area (Å²) in [4.78, 5) is 29.3. The average molecular weight is 605 g/mol. The summed E-state index contributed by atoms with van der Waals surface area (Å²) in [6.07, 6.45) is 1.28. The van der Waals surface area contributed by atoms with Crippen molar-refractivity contribution in [3.8, 4) is 0 Å². The maximum atomic E-state index is 14.1. The number of carbonyl (C=O) groups excluding carboxylic acids is 2. The van der Waals surface area contributed by atoms with Gasteiger partial charge in [-0.15, -0.1) is 0 Å². The molecule has 0 aromatic heterocycles. The number of rotatable bonds is 10. The molecule has 2 amide bonds. The molecule has 0 saturated carbocycles. The van der Waals surface area contributed by atoms with E-state index in [9.17, 15) is 18.0 Å². The Morgan fingerprint density at radius 1 is 0.900 bits per heavy atom. The van der Waals surface area contributed by atoms with Crippen LogP contribution in [0.15, 0.2) is 72.8 Å². The number of hydrogen-bond donors (Lipinski definition) is 1. The summed E-state index contributed by atoms with van der Waals surface area (Å²) >= 11 is 12.4. The van der Waals surface area contributed by atoms with Crippen LogP contribution in [0.4, 0.5) is 5.69 Å². The molecule has 1 atom stereocenters. The molecule has 0 aliphatic heterocycles. The van der Waals surface area contributed by atoms with Gasteiger partial charge in [0.25, 0.3) is 0 Å². The summed E-state index contributed by atoms with van der Waals surface area (Å²) in [7, 11) is -3.84. The number of carbonyl (C=O) groups is 2. The van der Waals surface area contributed by atoms with Gasteiger partial charge in [0.2, 0.25) is 21.8 Å². The van der Waals surface area contributed by atoms with Crippen molar-refractivity contribution in [2.45, 2.75) is 52.2 Å². The minimum Gasteiger partial charge on any atom is -0.350 e. The predicted molar refractivity (Wildman–Crippen MR) is 162 cm³/mol. The average Bonchev–Trinajstić information content (AvgIpc) is 2.86. The third-order valence-electron chi connectivity index (χ3n) is 6.17. The molecule has 0 radical (unpaired) electrons. The normalized spacial score (nSPS) is 12.5. The topological polar surface area (TPSA) is 86.8 Å². The Labute approximate surface area is 247 Å². The second-order valence-corrected chi connectivity index (χ2v) is 13.5. The number of para-hydroxylation sites is 1. The molecule has 0 fully saturated rings. The Morgan fingerprint density at radius 2 is 1.52 bits per heavy atom. The van der Waals surface area contributed by atoms with Crippen molar-refractivity contribution in [3.05, 3.63) is 99.5 Å². The summed E-state index contributed by atoms with van der Waals surface area (Å²) in [6, 6.07) is 20.4. The molecule has 0 saturated heterocycles. The summed E-state index contributed by atoms with van der Waals surface area (Å²) in [5.74, 6) is -0.892. The first-order chi connectivity index (χ1) is 18.7. The monoisotopic (exact) mass is 603 g/mol. The number of halogens is 2. The van der Waals surface area contributed by atoms with E-state index in [1.165, 1.54) is 4.90 Å². The standard InChI is InChI=1S/C30H35Cl2N3O4S/c1-21-11-9-10-14-26(21)35(40(5,38)39)20-28(36)34(19-23-15-16-24(31)25(32)17-23)27(29(37)33-30(2,3)4)18-22-12-7-6-8-13-22/h6-17,27H,18-20H2,1-5H3,(H,33,37)/t27-/m0/s1. The van der Waals surface area contributed by atoms with Gasteiger partial charge in [0, 0.05) is 18.5 Å². The van der Waals surface area contributed by atoms with E-state index in [-0.39, 0.29) is 18.9 Å². The molecule has 3 aromatic carbocycles. The number of hydrogen-bond acceptors (Lipinski definition) is 4. The second kappa shape index (κ2) is 13.1. The fourth-order valence-electron chi connectivity index (χ4n) is 4.28. The zero-order valence-electron chi connectivity index (χ0n) is 23.3. The van der Waals surface area contributed by atoms with Crippen LogP contribution >= 0.6 is 23.2 Å². The lowest BCUT2D eigenvalue weighted by Gasteiger charge is -2.35. The van der Waals surface area contributed by atoms with E-state index >= 15 is 0 Å². The van der Waals surface area contributed by atoms with E-state index in [1.54, 1.807) is 49.4 Å². The quantitative estimate of drug-likeness (QED) is 0.326. The van der Waals surface area contributed by atoms with Crippen LogP contribution in [0, 0.1) is 6.92 Å². The highest BCUT2D eigenvalue weighted by Gasteiger charge is 2.34. The molecular weight excluding hydrogens is 569 g/mol. The molecule has 0 aliphatic rings. The fourth-order valence-corrected chi connectivity index (χ4v) is 5.51. The first kappa shape index (κ1) is 31.5. The third-order valence-corrected chi connectivity index (χ3v) is 8.04. The van der Waals surface area contributed by atoms with E-state index in [4.69, 9.17) is 23.2 Å². The number of nitrogens with zero attached hydrogens (tertiary/aromatic N) is 2. The summed E-state index contributed by atoms with van der Waals surface area (Å²) in [6.45, 7) is 6.88. The molecule has 3 aromatic rings. The third kappa shape index (κ3) is 8.71. The minimum absolute atomic E-state index is 0.0101. The SMILES string of the molecule is Cc1ccccc1N(CC(=O)N(Cc1ccc(Cl)c(Cl)c1)[C@@H](Cc1ccccc1)C(=O)NC(C)(C)C)S(C)(=O)=O. The lowest BCUT2D eigenvalue weighted by Crippen LogP contribution is -2.56. The maximum absolute atomic E-state index is 14.1. The van der Waals surface area contributed by atoms with Crippen molar-refractivity contribution in [2.75, 3.05) is 17.1 Å². The number of anilines is 1. The Morgan fingerprint density at radius 3 is 2.10 bits per heavy atom. The molecule has 0 bridgehead atoms. The van der Waals surface area contributed by atoms with Crippen molar-refractivity contribution in [2.24, 2.45) is 0 Å². The molecule has 0 unspecified atom stereocenters. The highest BCUT2D eigenvalue weighted by Crippen LogP contribution is 2.26.